The molecule has 0 aromatic carbocycles. The number of pyridine rings is 1. The van der Waals surface area contributed by atoms with E-state index in [9.17, 15) is 4.79 Å². The SMILES string of the molecule is CCc1nc2c(C(N)C(=O)O)cccn2n1. The summed E-state index contributed by atoms with van der Waals surface area (Å²) in [6.07, 6.45) is 2.42. The van der Waals surface area contributed by atoms with Crippen LogP contribution in [0.3, 0.4) is 0 Å². The van der Waals surface area contributed by atoms with Gasteiger partial charge in [-0.05, 0) is 6.07 Å². The maximum Gasteiger partial charge on any atom is 0.325 e. The molecule has 6 heteroatoms. The van der Waals surface area contributed by atoms with E-state index in [0.29, 0.717) is 23.5 Å². The Balaban J connectivity index is 2.60. The first-order valence-corrected chi connectivity index (χ1v) is 4.96. The van der Waals surface area contributed by atoms with Crippen molar-refractivity contribution in [2.24, 2.45) is 5.73 Å². The molecule has 1 atom stereocenters. The van der Waals surface area contributed by atoms with Crippen molar-refractivity contribution < 1.29 is 9.90 Å². The number of aromatic nitrogens is 3. The van der Waals surface area contributed by atoms with Crippen molar-refractivity contribution in [1.82, 2.24) is 14.6 Å². The van der Waals surface area contributed by atoms with E-state index >= 15 is 0 Å². The minimum absolute atomic E-state index is 0.474. The number of nitrogens with zero attached hydrogens (tertiary/aromatic N) is 3. The van der Waals surface area contributed by atoms with Gasteiger partial charge in [0.15, 0.2) is 11.5 Å². The molecule has 0 radical (unpaired) electrons. The highest BCUT2D eigenvalue weighted by atomic mass is 16.4. The molecule has 2 aromatic rings. The summed E-state index contributed by atoms with van der Waals surface area (Å²) in [5.74, 6) is -0.404. The van der Waals surface area contributed by atoms with Crippen molar-refractivity contribution in [1.29, 1.82) is 0 Å². The number of rotatable bonds is 3. The van der Waals surface area contributed by atoms with E-state index < -0.39 is 12.0 Å². The minimum atomic E-state index is -1.07. The highest BCUT2D eigenvalue weighted by Crippen LogP contribution is 2.16. The average molecular weight is 220 g/mol. The largest absolute Gasteiger partial charge is 0.480 e. The minimum Gasteiger partial charge on any atom is -0.480 e. The van der Waals surface area contributed by atoms with Gasteiger partial charge in [-0.25, -0.2) is 9.50 Å². The normalized spacial score (nSPS) is 12.9. The summed E-state index contributed by atoms with van der Waals surface area (Å²) in [5, 5.41) is 13.1. The van der Waals surface area contributed by atoms with Gasteiger partial charge in [-0.3, -0.25) is 4.79 Å². The van der Waals surface area contributed by atoms with Gasteiger partial charge in [-0.1, -0.05) is 13.0 Å². The summed E-state index contributed by atoms with van der Waals surface area (Å²) < 4.78 is 1.55. The van der Waals surface area contributed by atoms with Gasteiger partial charge >= 0.3 is 5.97 Å². The zero-order valence-corrected chi connectivity index (χ0v) is 8.79. The molecule has 2 aromatic heterocycles. The number of hydrogen-bond acceptors (Lipinski definition) is 4. The van der Waals surface area contributed by atoms with Gasteiger partial charge in [-0.2, -0.15) is 5.10 Å². The summed E-state index contributed by atoms with van der Waals surface area (Å²) in [6, 6.07) is 2.29. The predicted molar refractivity (Wildman–Crippen MR) is 56.9 cm³/mol. The van der Waals surface area contributed by atoms with Gasteiger partial charge in [0.2, 0.25) is 0 Å². The van der Waals surface area contributed by atoms with Crippen molar-refractivity contribution in [2.45, 2.75) is 19.4 Å². The van der Waals surface area contributed by atoms with Crippen molar-refractivity contribution in [3.8, 4) is 0 Å². The fraction of sp³-hybridized carbons (Fsp3) is 0.300. The molecule has 2 rings (SSSR count). The first-order valence-electron chi connectivity index (χ1n) is 4.96. The van der Waals surface area contributed by atoms with Crippen LogP contribution in [-0.4, -0.2) is 25.7 Å². The zero-order chi connectivity index (χ0) is 11.7. The second kappa shape index (κ2) is 3.90. The number of carboxylic acid groups (broad SMARTS) is 1. The van der Waals surface area contributed by atoms with Crippen LogP contribution < -0.4 is 5.73 Å². The van der Waals surface area contributed by atoms with Crippen LogP contribution in [0.5, 0.6) is 0 Å². The van der Waals surface area contributed by atoms with Gasteiger partial charge in [0.05, 0.1) is 0 Å². The molecule has 16 heavy (non-hydrogen) atoms. The van der Waals surface area contributed by atoms with E-state index in [1.165, 1.54) is 0 Å². The van der Waals surface area contributed by atoms with E-state index in [2.05, 4.69) is 10.1 Å². The first-order chi connectivity index (χ1) is 7.63. The topological polar surface area (TPSA) is 93.5 Å². The molecule has 0 bridgehead atoms. The van der Waals surface area contributed by atoms with Crippen LogP contribution in [-0.2, 0) is 11.2 Å². The van der Waals surface area contributed by atoms with Crippen molar-refractivity contribution in [3.05, 3.63) is 29.7 Å². The van der Waals surface area contributed by atoms with E-state index in [1.807, 2.05) is 6.92 Å². The number of carboxylic acids is 1. The molecular formula is C10H12N4O2. The van der Waals surface area contributed by atoms with Crippen molar-refractivity contribution in [2.75, 3.05) is 0 Å². The highest BCUT2D eigenvalue weighted by Gasteiger charge is 2.19. The Bertz CT molecular complexity index is 535. The maximum absolute atomic E-state index is 10.8. The summed E-state index contributed by atoms with van der Waals surface area (Å²) in [5.41, 5.74) is 6.56. The Hall–Kier alpha value is -1.95. The van der Waals surface area contributed by atoms with Gasteiger partial charge in [0.1, 0.15) is 6.04 Å². The molecular weight excluding hydrogens is 208 g/mol. The Kier molecular flexibility index (Phi) is 2.57. The van der Waals surface area contributed by atoms with Crippen LogP contribution in [0.1, 0.15) is 24.4 Å². The summed E-state index contributed by atoms with van der Waals surface area (Å²) in [6.45, 7) is 1.94. The molecule has 0 fully saturated rings. The molecule has 6 nitrogen and oxygen atoms in total. The highest BCUT2D eigenvalue weighted by molar-refractivity contribution is 5.77. The zero-order valence-electron chi connectivity index (χ0n) is 8.79. The van der Waals surface area contributed by atoms with Gasteiger partial charge < -0.3 is 10.8 Å². The van der Waals surface area contributed by atoms with Crippen LogP contribution in [0.25, 0.3) is 5.65 Å². The molecule has 0 spiro atoms. The summed E-state index contributed by atoms with van der Waals surface area (Å²) in [4.78, 5) is 15.1. The van der Waals surface area contributed by atoms with Crippen molar-refractivity contribution >= 4 is 11.6 Å². The van der Waals surface area contributed by atoms with Crippen LogP contribution in [0.4, 0.5) is 0 Å². The third kappa shape index (κ3) is 1.63. The van der Waals surface area contributed by atoms with Crippen LogP contribution in [0.15, 0.2) is 18.3 Å². The molecule has 0 amide bonds. The molecule has 3 N–H and O–H groups in total. The lowest BCUT2D eigenvalue weighted by molar-refractivity contribution is -0.138. The molecule has 2 heterocycles. The number of aryl methyl sites for hydroxylation is 1. The molecule has 84 valence electrons. The smallest absolute Gasteiger partial charge is 0.325 e. The molecule has 0 saturated carbocycles. The van der Waals surface area contributed by atoms with Crippen LogP contribution in [0.2, 0.25) is 0 Å². The Labute approximate surface area is 91.7 Å². The summed E-state index contributed by atoms with van der Waals surface area (Å²) >= 11 is 0. The van der Waals surface area contributed by atoms with Gasteiger partial charge in [0, 0.05) is 18.2 Å². The number of aliphatic carboxylic acids is 1. The van der Waals surface area contributed by atoms with E-state index in [0.717, 1.165) is 0 Å². The van der Waals surface area contributed by atoms with Crippen molar-refractivity contribution in [3.63, 3.8) is 0 Å². The monoisotopic (exact) mass is 220 g/mol. The van der Waals surface area contributed by atoms with E-state index in [-0.39, 0.29) is 0 Å². The lowest BCUT2D eigenvalue weighted by atomic mass is 10.1. The third-order valence-corrected chi connectivity index (χ3v) is 2.35. The van der Waals surface area contributed by atoms with Crippen LogP contribution >= 0.6 is 0 Å². The first kappa shape index (κ1) is 10.6. The van der Waals surface area contributed by atoms with E-state index in [1.54, 1.807) is 22.8 Å². The summed E-state index contributed by atoms with van der Waals surface area (Å²) in [7, 11) is 0. The standard InChI is InChI=1S/C10H12N4O2/c1-2-7-12-9-6(8(11)10(15)16)4-3-5-14(9)13-7/h3-5,8H,2,11H2,1H3,(H,15,16). The average Bonchev–Trinajstić information content (AvgIpc) is 2.70. The van der Waals surface area contributed by atoms with Crippen LogP contribution in [0, 0.1) is 0 Å². The fourth-order valence-electron chi connectivity index (χ4n) is 1.50. The lowest BCUT2D eigenvalue weighted by Gasteiger charge is -2.06. The quantitative estimate of drug-likeness (QED) is 0.779. The molecule has 0 saturated heterocycles. The third-order valence-electron chi connectivity index (χ3n) is 2.35. The Morgan fingerprint density at radius 2 is 2.44 bits per heavy atom. The molecule has 0 aliphatic carbocycles. The lowest BCUT2D eigenvalue weighted by Crippen LogP contribution is -2.21. The number of carbonyl (C=O) groups is 1. The molecule has 1 unspecified atom stereocenters. The molecule has 0 aliphatic heterocycles. The second-order valence-corrected chi connectivity index (χ2v) is 3.43. The number of fused-ring (bicyclic) bond motifs is 1. The fourth-order valence-corrected chi connectivity index (χ4v) is 1.50. The van der Waals surface area contributed by atoms with E-state index in [4.69, 9.17) is 10.8 Å². The van der Waals surface area contributed by atoms with Gasteiger partial charge in [-0.15, -0.1) is 0 Å². The number of hydrogen-bond donors (Lipinski definition) is 2. The van der Waals surface area contributed by atoms with Gasteiger partial charge in [0.25, 0.3) is 0 Å². The Morgan fingerprint density at radius 1 is 1.69 bits per heavy atom. The number of nitrogens with two attached hydrogens (primary N) is 1. The Morgan fingerprint density at radius 3 is 3.06 bits per heavy atom. The second-order valence-electron chi connectivity index (χ2n) is 3.43. The molecule has 0 aliphatic rings. The predicted octanol–water partition coefficient (Wildman–Crippen LogP) is 0.376. The maximum atomic E-state index is 10.8.